The van der Waals surface area contributed by atoms with Gasteiger partial charge in [0.15, 0.2) is 0 Å². The maximum absolute atomic E-state index is 3.55. The molecule has 0 bridgehead atoms. The third-order valence-electron chi connectivity index (χ3n) is 2.43. The average molecular weight is 226 g/mol. The quantitative estimate of drug-likeness (QED) is 0.802. The molecule has 0 aromatic carbocycles. The standard InChI is InChI=1S/C12H22N2S/c1-10(7-8-14(3)4)13-9-12-6-5-11(2)15-12/h5-6,10,13H,7-9H2,1-4H3. The van der Waals surface area contributed by atoms with E-state index >= 15 is 0 Å². The van der Waals surface area contributed by atoms with Gasteiger partial charge in [-0.2, -0.15) is 0 Å². The van der Waals surface area contributed by atoms with Gasteiger partial charge in [0, 0.05) is 22.3 Å². The van der Waals surface area contributed by atoms with Crippen LogP contribution in [0, 0.1) is 6.92 Å². The van der Waals surface area contributed by atoms with Gasteiger partial charge in [-0.15, -0.1) is 11.3 Å². The highest BCUT2D eigenvalue weighted by molar-refractivity contribution is 7.11. The highest BCUT2D eigenvalue weighted by atomic mass is 32.1. The smallest absolute Gasteiger partial charge is 0.0302 e. The first-order valence-corrected chi connectivity index (χ1v) is 6.33. The zero-order valence-corrected chi connectivity index (χ0v) is 11.0. The maximum atomic E-state index is 3.55. The number of nitrogens with one attached hydrogen (secondary N) is 1. The minimum Gasteiger partial charge on any atom is -0.309 e. The molecule has 1 unspecified atom stereocenters. The summed E-state index contributed by atoms with van der Waals surface area (Å²) in [5.41, 5.74) is 0. The number of rotatable bonds is 6. The molecule has 0 amide bonds. The molecule has 1 aromatic rings. The summed E-state index contributed by atoms with van der Waals surface area (Å²) in [6, 6.07) is 4.99. The van der Waals surface area contributed by atoms with E-state index in [2.05, 4.69) is 50.3 Å². The fourth-order valence-corrected chi connectivity index (χ4v) is 2.25. The zero-order chi connectivity index (χ0) is 11.3. The Morgan fingerprint density at radius 3 is 2.67 bits per heavy atom. The minimum absolute atomic E-state index is 0.592. The van der Waals surface area contributed by atoms with Crippen LogP contribution in [0.3, 0.4) is 0 Å². The predicted octanol–water partition coefficient (Wildman–Crippen LogP) is 2.49. The molecule has 0 saturated heterocycles. The van der Waals surface area contributed by atoms with Gasteiger partial charge in [0.2, 0.25) is 0 Å². The molecule has 1 aromatic heterocycles. The van der Waals surface area contributed by atoms with Gasteiger partial charge in [-0.05, 0) is 53.0 Å². The molecule has 15 heavy (non-hydrogen) atoms. The van der Waals surface area contributed by atoms with Crippen molar-refractivity contribution in [3.05, 3.63) is 21.9 Å². The van der Waals surface area contributed by atoms with Crippen LogP contribution >= 0.6 is 11.3 Å². The van der Waals surface area contributed by atoms with Crippen LogP contribution in [0.25, 0.3) is 0 Å². The first-order valence-electron chi connectivity index (χ1n) is 5.51. The van der Waals surface area contributed by atoms with E-state index in [0.717, 1.165) is 13.1 Å². The van der Waals surface area contributed by atoms with Gasteiger partial charge in [-0.25, -0.2) is 0 Å². The maximum Gasteiger partial charge on any atom is 0.0302 e. The molecule has 2 nitrogen and oxygen atoms in total. The lowest BCUT2D eigenvalue weighted by Crippen LogP contribution is -2.29. The van der Waals surface area contributed by atoms with Gasteiger partial charge in [0.05, 0.1) is 0 Å². The summed E-state index contributed by atoms with van der Waals surface area (Å²) in [7, 11) is 4.24. The zero-order valence-electron chi connectivity index (χ0n) is 10.2. The molecular weight excluding hydrogens is 204 g/mol. The molecular formula is C12H22N2S. The van der Waals surface area contributed by atoms with E-state index < -0.39 is 0 Å². The molecule has 0 spiro atoms. The van der Waals surface area contributed by atoms with Crippen molar-refractivity contribution in [2.45, 2.75) is 32.9 Å². The molecule has 0 aliphatic carbocycles. The van der Waals surface area contributed by atoms with Crippen LogP contribution in [0.2, 0.25) is 0 Å². The largest absolute Gasteiger partial charge is 0.309 e. The molecule has 1 N–H and O–H groups in total. The first kappa shape index (κ1) is 12.7. The molecule has 0 aliphatic heterocycles. The van der Waals surface area contributed by atoms with E-state index in [1.54, 1.807) is 0 Å². The average Bonchev–Trinajstić information content (AvgIpc) is 2.58. The van der Waals surface area contributed by atoms with Crippen molar-refractivity contribution < 1.29 is 0 Å². The monoisotopic (exact) mass is 226 g/mol. The van der Waals surface area contributed by atoms with Crippen LogP contribution in [0.1, 0.15) is 23.1 Å². The number of aryl methyl sites for hydroxylation is 1. The Labute approximate surface area is 97.3 Å². The number of hydrogen-bond donors (Lipinski definition) is 1. The summed E-state index contributed by atoms with van der Waals surface area (Å²) in [6.07, 6.45) is 1.21. The van der Waals surface area contributed by atoms with E-state index in [1.165, 1.54) is 16.2 Å². The van der Waals surface area contributed by atoms with Gasteiger partial charge < -0.3 is 10.2 Å². The minimum atomic E-state index is 0.592. The molecule has 0 fully saturated rings. The SMILES string of the molecule is Cc1ccc(CNC(C)CCN(C)C)s1. The highest BCUT2D eigenvalue weighted by Crippen LogP contribution is 2.14. The van der Waals surface area contributed by atoms with Gasteiger partial charge in [-0.3, -0.25) is 0 Å². The highest BCUT2D eigenvalue weighted by Gasteiger charge is 2.03. The van der Waals surface area contributed by atoms with Crippen molar-refractivity contribution in [3.63, 3.8) is 0 Å². The summed E-state index contributed by atoms with van der Waals surface area (Å²) in [5, 5.41) is 3.55. The lowest BCUT2D eigenvalue weighted by molar-refractivity contribution is 0.366. The summed E-state index contributed by atoms with van der Waals surface area (Å²) in [4.78, 5) is 5.06. The van der Waals surface area contributed by atoms with Crippen LogP contribution in [0.5, 0.6) is 0 Å². The van der Waals surface area contributed by atoms with Crippen LogP contribution in [-0.4, -0.2) is 31.6 Å². The van der Waals surface area contributed by atoms with Crippen LogP contribution < -0.4 is 5.32 Å². The summed E-state index contributed by atoms with van der Waals surface area (Å²) in [6.45, 7) is 6.57. The van der Waals surface area contributed by atoms with E-state index in [0.29, 0.717) is 6.04 Å². The normalized spacial score (nSPS) is 13.4. The predicted molar refractivity (Wildman–Crippen MR) is 68.5 cm³/mol. The Balaban J connectivity index is 2.19. The van der Waals surface area contributed by atoms with Crippen molar-refractivity contribution in [3.8, 4) is 0 Å². The molecule has 1 atom stereocenters. The third kappa shape index (κ3) is 5.30. The Hall–Kier alpha value is -0.380. The second-order valence-electron chi connectivity index (χ2n) is 4.39. The number of nitrogens with zero attached hydrogens (tertiary/aromatic N) is 1. The lowest BCUT2D eigenvalue weighted by atomic mass is 10.2. The van der Waals surface area contributed by atoms with E-state index in [-0.39, 0.29) is 0 Å². The second-order valence-corrected chi connectivity index (χ2v) is 5.76. The van der Waals surface area contributed by atoms with Gasteiger partial charge >= 0.3 is 0 Å². The molecule has 0 aliphatic rings. The molecule has 1 rings (SSSR count). The van der Waals surface area contributed by atoms with Crippen molar-refractivity contribution in [1.82, 2.24) is 10.2 Å². The lowest BCUT2D eigenvalue weighted by Gasteiger charge is -2.16. The van der Waals surface area contributed by atoms with Crippen molar-refractivity contribution in [2.75, 3.05) is 20.6 Å². The Morgan fingerprint density at radius 1 is 1.40 bits per heavy atom. The summed E-state index contributed by atoms with van der Waals surface area (Å²) < 4.78 is 0. The van der Waals surface area contributed by atoms with Crippen molar-refractivity contribution in [2.24, 2.45) is 0 Å². The fraction of sp³-hybridized carbons (Fsp3) is 0.667. The topological polar surface area (TPSA) is 15.3 Å². The molecule has 3 heteroatoms. The van der Waals surface area contributed by atoms with Crippen molar-refractivity contribution >= 4 is 11.3 Å². The van der Waals surface area contributed by atoms with Crippen molar-refractivity contribution in [1.29, 1.82) is 0 Å². The van der Waals surface area contributed by atoms with E-state index in [9.17, 15) is 0 Å². The van der Waals surface area contributed by atoms with Crippen LogP contribution in [-0.2, 0) is 6.54 Å². The van der Waals surface area contributed by atoms with Gasteiger partial charge in [0.25, 0.3) is 0 Å². The fourth-order valence-electron chi connectivity index (χ4n) is 1.41. The first-order chi connectivity index (χ1) is 7.08. The van der Waals surface area contributed by atoms with E-state index in [4.69, 9.17) is 0 Å². The van der Waals surface area contributed by atoms with Crippen LogP contribution in [0.15, 0.2) is 12.1 Å². The molecule has 0 radical (unpaired) electrons. The van der Waals surface area contributed by atoms with Gasteiger partial charge in [-0.1, -0.05) is 0 Å². The summed E-state index contributed by atoms with van der Waals surface area (Å²) >= 11 is 1.88. The third-order valence-corrected chi connectivity index (χ3v) is 3.43. The Bertz CT molecular complexity index is 281. The van der Waals surface area contributed by atoms with Crippen LogP contribution in [0.4, 0.5) is 0 Å². The van der Waals surface area contributed by atoms with Gasteiger partial charge in [0.1, 0.15) is 0 Å². The number of hydrogen-bond acceptors (Lipinski definition) is 3. The molecule has 1 heterocycles. The Morgan fingerprint density at radius 2 is 2.13 bits per heavy atom. The number of thiophene rings is 1. The second kappa shape index (κ2) is 6.26. The molecule has 86 valence electrons. The van der Waals surface area contributed by atoms with E-state index in [1.807, 2.05) is 11.3 Å². The summed E-state index contributed by atoms with van der Waals surface area (Å²) in [5.74, 6) is 0. The molecule has 0 saturated carbocycles. The Kier molecular flexibility index (Phi) is 5.29.